The number of ether oxygens (including phenoxy) is 2. The van der Waals surface area contributed by atoms with E-state index in [0.717, 1.165) is 11.1 Å². The van der Waals surface area contributed by atoms with Crippen molar-refractivity contribution in [1.29, 1.82) is 0 Å². The largest absolute Gasteiger partial charge is 1.00 e. The Morgan fingerprint density at radius 2 is 1.63 bits per heavy atom. The molecule has 1 aliphatic heterocycles. The van der Waals surface area contributed by atoms with Gasteiger partial charge in [-0.1, -0.05) is 40.9 Å². The van der Waals surface area contributed by atoms with Gasteiger partial charge in [0.1, 0.15) is 0 Å². The van der Waals surface area contributed by atoms with Crippen molar-refractivity contribution in [3.63, 3.8) is 0 Å². The molecule has 0 saturated carbocycles. The Kier molecular flexibility index (Phi) is 4.73. The van der Waals surface area contributed by atoms with Gasteiger partial charge in [0.25, 0.3) is 0 Å². The average molecular weight is 267 g/mol. The van der Waals surface area contributed by atoms with Gasteiger partial charge in [0, 0.05) is 5.56 Å². The van der Waals surface area contributed by atoms with Crippen LogP contribution in [0.2, 0.25) is 5.02 Å². The van der Waals surface area contributed by atoms with Crippen molar-refractivity contribution in [1.82, 2.24) is 0 Å². The summed E-state index contributed by atoms with van der Waals surface area (Å²) < 4.78 is 11.7. The Hall–Kier alpha value is -0.753. The van der Waals surface area contributed by atoms with Gasteiger partial charge in [0.05, 0.1) is 13.2 Å². The van der Waals surface area contributed by atoms with Crippen molar-refractivity contribution < 1.29 is 28.3 Å². The maximum atomic E-state index is 5.87. The van der Waals surface area contributed by atoms with Crippen LogP contribution in [-0.4, -0.2) is 13.2 Å². The van der Waals surface area contributed by atoms with Gasteiger partial charge in [-0.2, -0.15) is 24.3 Å². The molecule has 1 aliphatic rings. The summed E-state index contributed by atoms with van der Waals surface area (Å²) in [5.74, 6) is -0.817. The maximum Gasteiger partial charge on any atom is 1.00 e. The van der Waals surface area contributed by atoms with Gasteiger partial charge in [-0.25, -0.2) is 0 Å². The van der Waals surface area contributed by atoms with E-state index in [0.29, 0.717) is 18.2 Å². The summed E-state index contributed by atoms with van der Waals surface area (Å²) in [6.07, 6.45) is 0. The van der Waals surface area contributed by atoms with E-state index in [1.807, 2.05) is 42.5 Å². The van der Waals surface area contributed by atoms with Crippen LogP contribution in [0.25, 0.3) is 0 Å². The van der Waals surface area contributed by atoms with E-state index in [1.54, 1.807) is 6.07 Å². The van der Waals surface area contributed by atoms with Crippen LogP contribution < -0.4 is 18.9 Å². The molecule has 1 saturated heterocycles. The standard InChI is InChI=1S/C15H12ClO2.Li/c16-14-8-6-13(7-9-14)15(17-10-11-18-15)12-4-2-1-3-5-12;/h1-8H,10-11H2;/q-1;+1. The fourth-order valence-electron chi connectivity index (χ4n) is 2.18. The first-order chi connectivity index (χ1) is 8.81. The average Bonchev–Trinajstić information content (AvgIpc) is 2.91. The maximum absolute atomic E-state index is 5.87. The number of rotatable bonds is 2. The Labute approximate surface area is 129 Å². The Bertz CT molecular complexity index is 522. The molecule has 0 amide bonds. The van der Waals surface area contributed by atoms with Gasteiger partial charge >= 0.3 is 18.9 Å². The molecule has 0 spiro atoms. The molecule has 92 valence electrons. The number of hydrogen-bond donors (Lipinski definition) is 0. The van der Waals surface area contributed by atoms with Crippen molar-refractivity contribution in [2.24, 2.45) is 0 Å². The molecule has 1 heterocycles. The second-order valence-electron chi connectivity index (χ2n) is 4.10. The molecule has 0 N–H and O–H groups in total. The van der Waals surface area contributed by atoms with Gasteiger partial charge in [-0.15, -0.1) is 11.6 Å². The summed E-state index contributed by atoms with van der Waals surface area (Å²) in [6.45, 7) is 1.16. The third-order valence-corrected chi connectivity index (χ3v) is 3.24. The molecule has 3 rings (SSSR count). The fraction of sp³-hybridized carbons (Fsp3) is 0.200. The summed E-state index contributed by atoms with van der Waals surface area (Å²) in [7, 11) is 0. The number of hydrogen-bond acceptors (Lipinski definition) is 2. The van der Waals surface area contributed by atoms with Crippen LogP contribution in [0.15, 0.2) is 48.5 Å². The normalized spacial score (nSPS) is 16.9. The molecule has 2 aromatic carbocycles. The Morgan fingerprint density at radius 3 is 2.21 bits per heavy atom. The van der Waals surface area contributed by atoms with E-state index in [4.69, 9.17) is 21.1 Å². The quantitative estimate of drug-likeness (QED) is 0.578. The van der Waals surface area contributed by atoms with Crippen molar-refractivity contribution in [2.75, 3.05) is 13.2 Å². The van der Waals surface area contributed by atoms with Gasteiger partial charge in [0.15, 0.2) is 5.79 Å². The molecule has 0 unspecified atom stereocenters. The van der Waals surface area contributed by atoms with E-state index in [2.05, 4.69) is 6.07 Å². The summed E-state index contributed by atoms with van der Waals surface area (Å²) in [5, 5.41) is 0.583. The zero-order valence-electron chi connectivity index (χ0n) is 10.7. The molecular weight excluding hydrogens is 255 g/mol. The fourth-order valence-corrected chi connectivity index (χ4v) is 2.30. The van der Waals surface area contributed by atoms with Gasteiger partial charge in [0.2, 0.25) is 0 Å². The Morgan fingerprint density at radius 1 is 0.947 bits per heavy atom. The third-order valence-electron chi connectivity index (χ3n) is 3.00. The van der Waals surface area contributed by atoms with Crippen LogP contribution in [0.3, 0.4) is 0 Å². The van der Waals surface area contributed by atoms with Gasteiger partial charge < -0.3 is 9.47 Å². The molecule has 0 atom stereocenters. The van der Waals surface area contributed by atoms with Crippen molar-refractivity contribution >= 4 is 11.6 Å². The van der Waals surface area contributed by atoms with Crippen LogP contribution in [0.4, 0.5) is 0 Å². The molecule has 1 fully saturated rings. The second kappa shape index (κ2) is 6.13. The topological polar surface area (TPSA) is 18.5 Å². The van der Waals surface area contributed by atoms with Crippen LogP contribution in [-0.2, 0) is 15.3 Å². The second-order valence-corrected chi connectivity index (χ2v) is 4.51. The molecule has 0 bridgehead atoms. The predicted molar refractivity (Wildman–Crippen MR) is 69.4 cm³/mol. The summed E-state index contributed by atoms with van der Waals surface area (Å²) >= 11 is 5.87. The van der Waals surface area contributed by atoms with Crippen molar-refractivity contribution in [3.8, 4) is 0 Å². The number of halogens is 1. The third kappa shape index (κ3) is 2.74. The van der Waals surface area contributed by atoms with E-state index in [9.17, 15) is 0 Å². The van der Waals surface area contributed by atoms with E-state index >= 15 is 0 Å². The van der Waals surface area contributed by atoms with E-state index < -0.39 is 5.79 Å². The van der Waals surface area contributed by atoms with Crippen LogP contribution in [0, 0.1) is 6.07 Å². The smallest absolute Gasteiger partial charge is 0.350 e. The first-order valence-corrected chi connectivity index (χ1v) is 6.20. The molecule has 0 aliphatic carbocycles. The molecule has 19 heavy (non-hydrogen) atoms. The van der Waals surface area contributed by atoms with Gasteiger partial charge in [-0.3, -0.25) is 0 Å². The molecule has 2 aromatic rings. The Balaban J connectivity index is 0.00000133. The molecule has 0 radical (unpaired) electrons. The molecule has 0 aromatic heterocycles. The van der Waals surface area contributed by atoms with Crippen LogP contribution in [0.1, 0.15) is 11.1 Å². The minimum absolute atomic E-state index is 0. The zero-order valence-corrected chi connectivity index (χ0v) is 11.5. The molecule has 4 heteroatoms. The first-order valence-electron chi connectivity index (χ1n) is 5.82. The predicted octanol–water partition coefficient (Wildman–Crippen LogP) is 0.392. The van der Waals surface area contributed by atoms with E-state index in [-0.39, 0.29) is 18.9 Å². The molecular formula is C15H12ClLiO2. The summed E-state index contributed by atoms with van der Waals surface area (Å²) in [6, 6.07) is 18.4. The SMILES string of the molecule is Clc1[c-]cc(C2(c3ccccc3)OCCO2)cc1.[Li+]. The molecule has 2 nitrogen and oxygen atoms in total. The summed E-state index contributed by atoms with van der Waals surface area (Å²) in [5.41, 5.74) is 1.90. The number of benzene rings is 2. The van der Waals surface area contributed by atoms with Crippen LogP contribution >= 0.6 is 11.6 Å². The van der Waals surface area contributed by atoms with Crippen molar-refractivity contribution in [3.05, 3.63) is 70.7 Å². The minimum atomic E-state index is -0.817. The van der Waals surface area contributed by atoms with Crippen molar-refractivity contribution in [2.45, 2.75) is 5.79 Å². The summed E-state index contributed by atoms with van der Waals surface area (Å²) in [4.78, 5) is 0. The van der Waals surface area contributed by atoms with Gasteiger partial charge in [-0.05, 0) is 0 Å². The zero-order chi connectivity index (χ0) is 12.4. The minimum Gasteiger partial charge on any atom is -0.350 e. The van der Waals surface area contributed by atoms with E-state index in [1.165, 1.54) is 0 Å². The monoisotopic (exact) mass is 266 g/mol. The first kappa shape index (κ1) is 14.7. The van der Waals surface area contributed by atoms with Crippen LogP contribution in [0.5, 0.6) is 0 Å².